The second kappa shape index (κ2) is 9.16. The topological polar surface area (TPSA) is 70.1 Å². The van der Waals surface area contributed by atoms with Crippen molar-refractivity contribution in [3.63, 3.8) is 0 Å². The number of carbonyl (C=O) groups excluding carboxylic acids is 1. The Bertz CT molecular complexity index is 1160. The summed E-state index contributed by atoms with van der Waals surface area (Å²) in [6.45, 7) is 2.15. The number of hydrogen-bond acceptors (Lipinski definition) is 5. The van der Waals surface area contributed by atoms with Crippen molar-refractivity contribution >= 4 is 34.0 Å². The van der Waals surface area contributed by atoms with Crippen LogP contribution in [0.15, 0.2) is 54.6 Å². The molecule has 0 aliphatic heterocycles. The molecule has 1 aromatic heterocycles. The van der Waals surface area contributed by atoms with E-state index in [0.29, 0.717) is 29.0 Å². The fourth-order valence-corrected chi connectivity index (χ4v) is 2.80. The number of hydrogen-bond donors (Lipinski definition) is 2. The number of nitrogens with one attached hydrogen (secondary N) is 2. The molecule has 152 valence electrons. The zero-order chi connectivity index (χ0) is 21.7. The van der Waals surface area contributed by atoms with E-state index in [-0.39, 0.29) is 0 Å². The fraction of sp³-hybridized carbons (Fsp3) is 0.174. The van der Waals surface area contributed by atoms with Crippen molar-refractivity contribution in [2.24, 2.45) is 0 Å². The van der Waals surface area contributed by atoms with E-state index in [0.717, 1.165) is 16.8 Å². The summed E-state index contributed by atoms with van der Waals surface area (Å²) in [7, 11) is 3.59. The molecule has 0 saturated heterocycles. The maximum atomic E-state index is 14.1. The molecule has 7 heteroatoms. The molecule has 0 saturated carbocycles. The molecule has 6 nitrogen and oxygen atoms in total. The molecule has 0 unspecified atom stereocenters. The number of aromatic nitrogens is 2. The van der Waals surface area contributed by atoms with Crippen molar-refractivity contribution < 1.29 is 9.18 Å². The minimum Gasteiger partial charge on any atom is -0.340 e. The molecule has 0 fully saturated rings. The van der Waals surface area contributed by atoms with Crippen LogP contribution in [0.4, 0.5) is 21.6 Å². The lowest BCUT2D eigenvalue weighted by molar-refractivity contribution is -0.114. The number of terminal acetylenes is 1. The first-order chi connectivity index (χ1) is 14.4. The molecule has 0 radical (unpaired) electrons. The average molecular weight is 403 g/mol. The Labute approximate surface area is 174 Å². The first kappa shape index (κ1) is 21.0. The maximum Gasteiger partial charge on any atom is 0.284 e. The van der Waals surface area contributed by atoms with Gasteiger partial charge in [0.2, 0.25) is 0 Å². The first-order valence-electron chi connectivity index (χ1n) is 9.28. The Morgan fingerprint density at radius 3 is 2.80 bits per heavy atom. The molecule has 2 aromatic carbocycles. The smallest absolute Gasteiger partial charge is 0.284 e. The van der Waals surface area contributed by atoms with Crippen LogP contribution in [0.25, 0.3) is 10.9 Å². The number of amides is 1. The number of anilines is 3. The molecule has 0 aliphatic carbocycles. The fourth-order valence-electron chi connectivity index (χ4n) is 2.80. The van der Waals surface area contributed by atoms with Crippen LogP contribution in [0, 0.1) is 19.3 Å². The summed E-state index contributed by atoms with van der Waals surface area (Å²) in [4.78, 5) is 22.6. The first-order valence-corrected chi connectivity index (χ1v) is 9.28. The SMILES string of the molecule is C#Cc1cccc(Nc2ncnc3cc(C)c(NC(=O)/C(F)=C/CN(C)C)cc23)c1. The van der Waals surface area contributed by atoms with Crippen molar-refractivity contribution in [3.05, 3.63) is 65.8 Å². The number of likely N-dealkylation sites (N-methyl/N-ethyl adjacent to an activating group) is 1. The van der Waals surface area contributed by atoms with Crippen LogP contribution in [-0.4, -0.2) is 41.4 Å². The quantitative estimate of drug-likeness (QED) is 0.481. The van der Waals surface area contributed by atoms with E-state index >= 15 is 0 Å². The Morgan fingerprint density at radius 2 is 2.07 bits per heavy atom. The normalized spacial score (nSPS) is 11.4. The van der Waals surface area contributed by atoms with Gasteiger partial charge in [0, 0.05) is 28.9 Å². The van der Waals surface area contributed by atoms with E-state index < -0.39 is 11.7 Å². The lowest BCUT2D eigenvalue weighted by atomic mass is 10.1. The second-order valence-electron chi connectivity index (χ2n) is 7.03. The Morgan fingerprint density at radius 1 is 1.27 bits per heavy atom. The van der Waals surface area contributed by atoms with Gasteiger partial charge in [-0.05, 0) is 63.0 Å². The van der Waals surface area contributed by atoms with E-state index in [1.54, 1.807) is 25.1 Å². The molecule has 0 bridgehead atoms. The summed E-state index contributed by atoms with van der Waals surface area (Å²) in [5.41, 5.74) is 3.45. The van der Waals surface area contributed by atoms with Crippen LogP contribution < -0.4 is 10.6 Å². The summed E-state index contributed by atoms with van der Waals surface area (Å²) in [6, 6.07) is 10.9. The summed E-state index contributed by atoms with van der Waals surface area (Å²) in [6.07, 6.45) is 8.16. The molecule has 0 spiro atoms. The average Bonchev–Trinajstić information content (AvgIpc) is 2.73. The molecule has 3 rings (SSSR count). The van der Waals surface area contributed by atoms with Crippen LogP contribution in [-0.2, 0) is 4.79 Å². The molecule has 3 aromatic rings. The summed E-state index contributed by atoms with van der Waals surface area (Å²) < 4.78 is 14.1. The van der Waals surface area contributed by atoms with E-state index in [1.165, 1.54) is 12.4 Å². The van der Waals surface area contributed by atoms with Gasteiger partial charge in [0.25, 0.3) is 5.91 Å². The van der Waals surface area contributed by atoms with E-state index in [9.17, 15) is 9.18 Å². The van der Waals surface area contributed by atoms with Crippen molar-refractivity contribution in [1.82, 2.24) is 14.9 Å². The highest BCUT2D eigenvalue weighted by Gasteiger charge is 2.13. The second-order valence-corrected chi connectivity index (χ2v) is 7.03. The lowest BCUT2D eigenvalue weighted by Gasteiger charge is -2.13. The third-order valence-corrected chi connectivity index (χ3v) is 4.37. The van der Waals surface area contributed by atoms with Gasteiger partial charge in [0.15, 0.2) is 5.83 Å². The monoisotopic (exact) mass is 403 g/mol. The van der Waals surface area contributed by atoms with E-state index in [4.69, 9.17) is 6.42 Å². The van der Waals surface area contributed by atoms with Crippen molar-refractivity contribution in [1.29, 1.82) is 0 Å². The number of benzene rings is 2. The van der Waals surface area contributed by atoms with Gasteiger partial charge in [0.1, 0.15) is 12.1 Å². The summed E-state index contributed by atoms with van der Waals surface area (Å²) in [5.74, 6) is 1.51. The van der Waals surface area contributed by atoms with Gasteiger partial charge in [-0.1, -0.05) is 12.0 Å². The largest absolute Gasteiger partial charge is 0.340 e. The lowest BCUT2D eigenvalue weighted by Crippen LogP contribution is -2.16. The van der Waals surface area contributed by atoms with Crippen LogP contribution in [0.5, 0.6) is 0 Å². The maximum absolute atomic E-state index is 14.1. The van der Waals surface area contributed by atoms with Crippen LogP contribution >= 0.6 is 0 Å². The number of aryl methyl sites for hydroxylation is 1. The highest BCUT2D eigenvalue weighted by atomic mass is 19.1. The van der Waals surface area contributed by atoms with Crippen molar-refractivity contribution in [2.45, 2.75) is 6.92 Å². The number of rotatable bonds is 6. The van der Waals surface area contributed by atoms with Gasteiger partial charge in [-0.25, -0.2) is 14.4 Å². The van der Waals surface area contributed by atoms with E-state index in [1.807, 2.05) is 37.3 Å². The zero-order valence-corrected chi connectivity index (χ0v) is 17.0. The van der Waals surface area contributed by atoms with Gasteiger partial charge in [-0.2, -0.15) is 0 Å². The standard InChI is InChI=1S/C23H22FN5O/c1-5-16-7-6-8-17(12-16)27-22-18-13-20(15(2)11-21(18)25-14-26-22)28-23(30)19(24)9-10-29(3)4/h1,6-9,11-14H,10H2,2-4H3,(H,28,30)(H,25,26,27)/b19-9-. The summed E-state index contributed by atoms with van der Waals surface area (Å²) >= 11 is 0. The van der Waals surface area contributed by atoms with Crippen LogP contribution in [0.3, 0.4) is 0 Å². The predicted molar refractivity (Wildman–Crippen MR) is 118 cm³/mol. The zero-order valence-electron chi connectivity index (χ0n) is 17.0. The number of carbonyl (C=O) groups is 1. The van der Waals surface area contributed by atoms with E-state index in [2.05, 4.69) is 26.5 Å². The molecule has 30 heavy (non-hydrogen) atoms. The highest BCUT2D eigenvalue weighted by molar-refractivity contribution is 6.04. The number of nitrogens with zero attached hydrogens (tertiary/aromatic N) is 3. The minimum absolute atomic E-state index is 0.328. The molecular formula is C23H22FN5O. The highest BCUT2D eigenvalue weighted by Crippen LogP contribution is 2.29. The molecule has 0 aliphatic rings. The molecule has 1 amide bonds. The molecule has 2 N–H and O–H groups in total. The molecule has 1 heterocycles. The van der Waals surface area contributed by atoms with Gasteiger partial charge >= 0.3 is 0 Å². The Balaban J connectivity index is 1.93. The van der Waals surface area contributed by atoms with Crippen molar-refractivity contribution in [3.8, 4) is 12.3 Å². The third-order valence-electron chi connectivity index (χ3n) is 4.37. The molecule has 0 atom stereocenters. The van der Waals surface area contributed by atoms with Gasteiger partial charge in [-0.15, -0.1) is 6.42 Å². The summed E-state index contributed by atoms with van der Waals surface area (Å²) in [5, 5.41) is 6.53. The van der Waals surface area contributed by atoms with Crippen molar-refractivity contribution in [2.75, 3.05) is 31.3 Å². The van der Waals surface area contributed by atoms with Crippen LogP contribution in [0.2, 0.25) is 0 Å². The van der Waals surface area contributed by atoms with Crippen LogP contribution in [0.1, 0.15) is 11.1 Å². The number of halogens is 1. The predicted octanol–water partition coefficient (Wildman–Crippen LogP) is 4.02. The Hall–Kier alpha value is -3.76. The minimum atomic E-state index is -0.836. The molecular weight excluding hydrogens is 381 g/mol. The van der Waals surface area contributed by atoms with Gasteiger partial charge in [0.05, 0.1) is 5.52 Å². The number of fused-ring (bicyclic) bond motifs is 1. The van der Waals surface area contributed by atoms with Gasteiger partial charge in [-0.3, -0.25) is 4.79 Å². The van der Waals surface area contributed by atoms with Gasteiger partial charge < -0.3 is 15.5 Å². The Kier molecular flexibility index (Phi) is 6.40. The third kappa shape index (κ3) is 4.99.